The van der Waals surface area contributed by atoms with Gasteiger partial charge in [0.25, 0.3) is 0 Å². The van der Waals surface area contributed by atoms with Crippen LogP contribution in [0.2, 0.25) is 0 Å². The fourth-order valence-corrected chi connectivity index (χ4v) is 1.34. The van der Waals surface area contributed by atoms with Gasteiger partial charge < -0.3 is 15.8 Å². The first-order valence-electron chi connectivity index (χ1n) is 6.21. The topological polar surface area (TPSA) is 47.3 Å². The third kappa shape index (κ3) is 8.08. The van der Waals surface area contributed by atoms with Crippen molar-refractivity contribution in [3.8, 4) is 0 Å². The molecule has 0 aliphatic carbocycles. The lowest BCUT2D eigenvalue weighted by molar-refractivity contribution is -0.0408. The Bertz CT molecular complexity index is 179. The van der Waals surface area contributed by atoms with Gasteiger partial charge in [0.15, 0.2) is 0 Å². The zero-order chi connectivity index (χ0) is 12.8. The van der Waals surface area contributed by atoms with Crippen molar-refractivity contribution in [3.05, 3.63) is 0 Å². The lowest BCUT2D eigenvalue weighted by atomic mass is 9.81. The molecule has 0 rings (SSSR count). The van der Waals surface area contributed by atoms with Crippen LogP contribution in [0.25, 0.3) is 0 Å². The fraction of sp³-hybridized carbons (Fsp3) is 1.00. The molecular weight excluding hydrogens is 200 g/mol. The summed E-state index contributed by atoms with van der Waals surface area (Å²) in [6.45, 7) is 16.4. The van der Waals surface area contributed by atoms with Gasteiger partial charge in [-0.2, -0.15) is 0 Å². The van der Waals surface area contributed by atoms with E-state index in [1.165, 1.54) is 0 Å². The number of hydrogen-bond donors (Lipinski definition) is 2. The first kappa shape index (κ1) is 15.9. The minimum absolute atomic E-state index is 0.0582. The summed E-state index contributed by atoms with van der Waals surface area (Å²) in [5.41, 5.74) is 5.67. The molecule has 0 aliphatic heterocycles. The van der Waals surface area contributed by atoms with Crippen LogP contribution in [0.15, 0.2) is 0 Å². The standard InChI is InChI=1S/C13H30N2O/c1-12(2,3)11(9-15-8-7-14)10-16-13(4,5)6/h11,15H,7-10,14H2,1-6H3. The normalized spacial score (nSPS) is 15.2. The Morgan fingerprint density at radius 1 is 1.12 bits per heavy atom. The first-order chi connectivity index (χ1) is 7.17. The molecule has 0 aliphatic rings. The summed E-state index contributed by atoms with van der Waals surface area (Å²) in [5.74, 6) is 0.512. The summed E-state index contributed by atoms with van der Waals surface area (Å²) in [5, 5.41) is 3.37. The van der Waals surface area contributed by atoms with Crippen LogP contribution in [0.5, 0.6) is 0 Å². The van der Waals surface area contributed by atoms with Gasteiger partial charge in [-0.1, -0.05) is 20.8 Å². The van der Waals surface area contributed by atoms with Gasteiger partial charge in [0.05, 0.1) is 12.2 Å². The quantitative estimate of drug-likeness (QED) is 0.686. The van der Waals surface area contributed by atoms with Crippen LogP contribution >= 0.6 is 0 Å². The smallest absolute Gasteiger partial charge is 0.0598 e. The molecular formula is C13H30N2O. The third-order valence-electron chi connectivity index (χ3n) is 2.65. The van der Waals surface area contributed by atoms with Crippen LogP contribution in [-0.4, -0.2) is 31.8 Å². The largest absolute Gasteiger partial charge is 0.376 e. The van der Waals surface area contributed by atoms with Gasteiger partial charge in [0.1, 0.15) is 0 Å². The fourth-order valence-electron chi connectivity index (χ4n) is 1.34. The van der Waals surface area contributed by atoms with Crippen LogP contribution in [-0.2, 0) is 4.74 Å². The molecule has 1 atom stereocenters. The average molecular weight is 230 g/mol. The molecule has 0 heterocycles. The second kappa shape index (κ2) is 6.58. The van der Waals surface area contributed by atoms with Crippen molar-refractivity contribution < 1.29 is 4.74 Å². The first-order valence-corrected chi connectivity index (χ1v) is 6.21. The molecule has 0 bridgehead atoms. The van der Waals surface area contributed by atoms with Gasteiger partial charge in [-0.15, -0.1) is 0 Å². The van der Waals surface area contributed by atoms with Crippen LogP contribution in [0.3, 0.4) is 0 Å². The van der Waals surface area contributed by atoms with Crippen molar-refractivity contribution in [2.75, 3.05) is 26.2 Å². The van der Waals surface area contributed by atoms with E-state index in [0.717, 1.165) is 19.7 Å². The Morgan fingerprint density at radius 2 is 1.69 bits per heavy atom. The molecule has 0 aromatic heterocycles. The number of ether oxygens (including phenoxy) is 1. The predicted molar refractivity (Wildman–Crippen MR) is 70.6 cm³/mol. The van der Waals surface area contributed by atoms with Crippen LogP contribution < -0.4 is 11.1 Å². The van der Waals surface area contributed by atoms with Crippen molar-refractivity contribution in [2.45, 2.75) is 47.1 Å². The summed E-state index contributed by atoms with van der Waals surface area (Å²) >= 11 is 0. The SMILES string of the molecule is CC(C)(C)OCC(CNCCN)C(C)(C)C. The highest BCUT2D eigenvalue weighted by molar-refractivity contribution is 4.77. The average Bonchev–Trinajstić information content (AvgIpc) is 2.07. The molecule has 0 amide bonds. The maximum absolute atomic E-state index is 5.88. The molecule has 3 nitrogen and oxygen atoms in total. The predicted octanol–water partition coefficient (Wildman–Crippen LogP) is 2.01. The summed E-state index contributed by atoms with van der Waals surface area (Å²) in [6.07, 6.45) is 0. The molecule has 16 heavy (non-hydrogen) atoms. The van der Waals surface area contributed by atoms with Gasteiger partial charge in [-0.3, -0.25) is 0 Å². The molecule has 1 unspecified atom stereocenters. The molecule has 98 valence electrons. The molecule has 0 radical (unpaired) electrons. The van der Waals surface area contributed by atoms with E-state index in [2.05, 4.69) is 46.9 Å². The molecule has 3 N–H and O–H groups in total. The second-order valence-corrected chi connectivity index (χ2v) is 6.48. The Kier molecular flexibility index (Phi) is 6.53. The number of hydrogen-bond acceptors (Lipinski definition) is 3. The second-order valence-electron chi connectivity index (χ2n) is 6.48. The van der Waals surface area contributed by atoms with Crippen molar-refractivity contribution in [3.63, 3.8) is 0 Å². The van der Waals surface area contributed by atoms with E-state index in [1.54, 1.807) is 0 Å². The highest BCUT2D eigenvalue weighted by Gasteiger charge is 2.26. The van der Waals surface area contributed by atoms with E-state index in [1.807, 2.05) is 0 Å². The highest BCUT2D eigenvalue weighted by atomic mass is 16.5. The maximum Gasteiger partial charge on any atom is 0.0598 e. The van der Waals surface area contributed by atoms with E-state index >= 15 is 0 Å². The maximum atomic E-state index is 5.88. The summed E-state index contributed by atoms with van der Waals surface area (Å²) in [7, 11) is 0. The van der Waals surface area contributed by atoms with Crippen LogP contribution in [0.1, 0.15) is 41.5 Å². The van der Waals surface area contributed by atoms with Gasteiger partial charge in [0, 0.05) is 19.6 Å². The Balaban J connectivity index is 4.12. The van der Waals surface area contributed by atoms with Crippen molar-refractivity contribution in [1.82, 2.24) is 5.32 Å². The van der Waals surface area contributed by atoms with E-state index in [4.69, 9.17) is 10.5 Å². The molecule has 3 heteroatoms. The van der Waals surface area contributed by atoms with Gasteiger partial charge in [-0.05, 0) is 32.1 Å². The molecule has 0 saturated heterocycles. The van der Waals surface area contributed by atoms with E-state index in [0.29, 0.717) is 12.5 Å². The van der Waals surface area contributed by atoms with Gasteiger partial charge in [-0.25, -0.2) is 0 Å². The highest BCUT2D eigenvalue weighted by Crippen LogP contribution is 2.26. The molecule has 0 aromatic carbocycles. The monoisotopic (exact) mass is 230 g/mol. The summed E-state index contributed by atoms with van der Waals surface area (Å²) in [6, 6.07) is 0. The molecule has 0 saturated carbocycles. The van der Waals surface area contributed by atoms with Gasteiger partial charge in [0.2, 0.25) is 0 Å². The van der Waals surface area contributed by atoms with E-state index < -0.39 is 0 Å². The van der Waals surface area contributed by atoms with E-state index in [9.17, 15) is 0 Å². The zero-order valence-electron chi connectivity index (χ0n) is 11.9. The number of rotatable bonds is 6. The molecule has 0 fully saturated rings. The number of nitrogens with one attached hydrogen (secondary N) is 1. The minimum atomic E-state index is -0.0582. The zero-order valence-corrected chi connectivity index (χ0v) is 11.9. The number of nitrogens with two attached hydrogens (primary N) is 1. The van der Waals surface area contributed by atoms with Gasteiger partial charge >= 0.3 is 0 Å². The van der Waals surface area contributed by atoms with Crippen molar-refractivity contribution >= 4 is 0 Å². The molecule has 0 aromatic rings. The lowest BCUT2D eigenvalue weighted by Gasteiger charge is -2.33. The van der Waals surface area contributed by atoms with Crippen molar-refractivity contribution in [2.24, 2.45) is 17.1 Å². The van der Waals surface area contributed by atoms with Crippen LogP contribution in [0.4, 0.5) is 0 Å². The van der Waals surface area contributed by atoms with E-state index in [-0.39, 0.29) is 11.0 Å². The Hall–Kier alpha value is -0.120. The molecule has 0 spiro atoms. The third-order valence-corrected chi connectivity index (χ3v) is 2.65. The Labute approximate surface area is 101 Å². The summed E-state index contributed by atoms with van der Waals surface area (Å²) < 4.78 is 5.88. The minimum Gasteiger partial charge on any atom is -0.376 e. The Morgan fingerprint density at radius 3 is 2.06 bits per heavy atom. The van der Waals surface area contributed by atoms with Crippen LogP contribution in [0, 0.1) is 11.3 Å². The summed E-state index contributed by atoms with van der Waals surface area (Å²) in [4.78, 5) is 0. The van der Waals surface area contributed by atoms with Crippen molar-refractivity contribution in [1.29, 1.82) is 0 Å². The lowest BCUT2D eigenvalue weighted by Crippen LogP contribution is -2.38.